The molecule has 0 saturated heterocycles. The summed E-state index contributed by atoms with van der Waals surface area (Å²) in [5.41, 5.74) is 7.13. The molecular formula is C14H16N2. The standard InChI is InChI=1S/C14H16N2/c1-2-6-11(7-3-1)13-10-15-16-14-9-5-4-8-12(13)14/h1-3,6-7,10,12,15H,4-5,8-9H2. The third kappa shape index (κ3) is 1.64. The third-order valence-corrected chi connectivity index (χ3v) is 3.49. The maximum atomic E-state index is 4.42. The first-order chi connectivity index (χ1) is 7.95. The van der Waals surface area contributed by atoms with Gasteiger partial charge in [-0.1, -0.05) is 36.8 Å². The molecule has 3 rings (SSSR count). The Morgan fingerprint density at radius 3 is 2.88 bits per heavy atom. The van der Waals surface area contributed by atoms with E-state index < -0.39 is 0 Å². The van der Waals surface area contributed by atoms with Crippen molar-refractivity contribution in [3.63, 3.8) is 0 Å². The van der Waals surface area contributed by atoms with Crippen molar-refractivity contribution in [1.82, 2.24) is 5.43 Å². The Labute approximate surface area is 96.1 Å². The minimum absolute atomic E-state index is 0.553. The van der Waals surface area contributed by atoms with E-state index in [0.29, 0.717) is 5.92 Å². The number of benzene rings is 1. The SMILES string of the molecule is C1=C(c2ccccc2)C2CCCCC2=NN1. The molecule has 2 heteroatoms. The van der Waals surface area contributed by atoms with Crippen LogP contribution in [0.1, 0.15) is 31.2 Å². The molecule has 0 bridgehead atoms. The molecule has 0 amide bonds. The third-order valence-electron chi connectivity index (χ3n) is 3.49. The first-order valence-electron chi connectivity index (χ1n) is 6.02. The molecule has 1 unspecified atom stereocenters. The molecule has 0 aromatic heterocycles. The lowest BCUT2D eigenvalue weighted by Crippen LogP contribution is -2.26. The molecule has 1 atom stereocenters. The Bertz CT molecular complexity index is 431. The van der Waals surface area contributed by atoms with Crippen LogP contribution in [0.15, 0.2) is 41.6 Å². The zero-order valence-corrected chi connectivity index (χ0v) is 9.32. The molecule has 2 aliphatic rings. The van der Waals surface area contributed by atoms with Gasteiger partial charge in [-0.25, -0.2) is 0 Å². The van der Waals surface area contributed by atoms with Crippen molar-refractivity contribution in [2.75, 3.05) is 0 Å². The van der Waals surface area contributed by atoms with Crippen molar-refractivity contribution < 1.29 is 0 Å². The fraction of sp³-hybridized carbons (Fsp3) is 0.357. The summed E-state index contributed by atoms with van der Waals surface area (Å²) in [6.07, 6.45) is 7.09. The average molecular weight is 212 g/mol. The molecule has 82 valence electrons. The van der Waals surface area contributed by atoms with Crippen molar-refractivity contribution >= 4 is 11.3 Å². The zero-order valence-electron chi connectivity index (χ0n) is 9.32. The molecule has 1 fully saturated rings. The smallest absolute Gasteiger partial charge is 0.0457 e. The van der Waals surface area contributed by atoms with E-state index in [0.717, 1.165) is 6.42 Å². The summed E-state index contributed by atoms with van der Waals surface area (Å²) in [7, 11) is 0. The summed E-state index contributed by atoms with van der Waals surface area (Å²) in [5, 5.41) is 4.42. The van der Waals surface area contributed by atoms with Gasteiger partial charge < -0.3 is 0 Å². The Morgan fingerprint density at radius 1 is 1.12 bits per heavy atom. The van der Waals surface area contributed by atoms with Gasteiger partial charge in [0.25, 0.3) is 0 Å². The summed E-state index contributed by atoms with van der Waals surface area (Å²) in [6.45, 7) is 0. The number of hydrazone groups is 1. The summed E-state index contributed by atoms with van der Waals surface area (Å²) in [6, 6.07) is 10.6. The topological polar surface area (TPSA) is 24.4 Å². The van der Waals surface area contributed by atoms with Gasteiger partial charge in [0.2, 0.25) is 0 Å². The molecule has 16 heavy (non-hydrogen) atoms. The first kappa shape index (κ1) is 9.64. The molecule has 1 heterocycles. The minimum atomic E-state index is 0.553. The maximum Gasteiger partial charge on any atom is 0.0457 e. The molecule has 1 aliphatic heterocycles. The van der Waals surface area contributed by atoms with E-state index in [1.807, 2.05) is 0 Å². The Kier molecular flexibility index (Phi) is 2.49. The zero-order chi connectivity index (χ0) is 10.8. The van der Waals surface area contributed by atoms with Crippen LogP contribution in [0, 0.1) is 5.92 Å². The van der Waals surface area contributed by atoms with E-state index in [4.69, 9.17) is 0 Å². The molecule has 0 radical (unpaired) electrons. The van der Waals surface area contributed by atoms with Crippen molar-refractivity contribution in [3.05, 3.63) is 42.1 Å². The largest absolute Gasteiger partial charge is 0.286 e. The number of nitrogens with zero attached hydrogens (tertiary/aromatic N) is 1. The highest BCUT2D eigenvalue weighted by atomic mass is 15.3. The molecule has 1 aromatic rings. The van der Waals surface area contributed by atoms with Crippen LogP contribution in [0.25, 0.3) is 5.57 Å². The van der Waals surface area contributed by atoms with E-state index in [2.05, 4.69) is 47.1 Å². The van der Waals surface area contributed by atoms with E-state index in [9.17, 15) is 0 Å². The van der Waals surface area contributed by atoms with Gasteiger partial charge in [0.05, 0.1) is 0 Å². The van der Waals surface area contributed by atoms with Gasteiger partial charge in [-0.2, -0.15) is 5.10 Å². The summed E-state index contributed by atoms with van der Waals surface area (Å²) in [5.74, 6) is 0.553. The lowest BCUT2D eigenvalue weighted by molar-refractivity contribution is 0.589. The Balaban J connectivity index is 1.93. The predicted octanol–water partition coefficient (Wildman–Crippen LogP) is 3.18. The summed E-state index contributed by atoms with van der Waals surface area (Å²) < 4.78 is 0. The van der Waals surface area contributed by atoms with E-state index in [-0.39, 0.29) is 0 Å². The van der Waals surface area contributed by atoms with Crippen LogP contribution < -0.4 is 5.43 Å². The van der Waals surface area contributed by atoms with Crippen molar-refractivity contribution in [1.29, 1.82) is 0 Å². The monoisotopic (exact) mass is 212 g/mol. The lowest BCUT2D eigenvalue weighted by atomic mass is 9.79. The fourth-order valence-corrected chi connectivity index (χ4v) is 2.66. The number of hydrogen-bond acceptors (Lipinski definition) is 2. The molecule has 2 nitrogen and oxygen atoms in total. The van der Waals surface area contributed by atoms with Gasteiger partial charge in [0, 0.05) is 17.8 Å². The normalized spacial score (nSPS) is 23.9. The second-order valence-electron chi connectivity index (χ2n) is 4.50. The highest BCUT2D eigenvalue weighted by molar-refractivity contribution is 5.98. The molecule has 1 aliphatic carbocycles. The second-order valence-corrected chi connectivity index (χ2v) is 4.50. The van der Waals surface area contributed by atoms with E-state index >= 15 is 0 Å². The Morgan fingerprint density at radius 2 is 2.00 bits per heavy atom. The number of nitrogens with one attached hydrogen (secondary N) is 1. The quantitative estimate of drug-likeness (QED) is 0.759. The van der Waals surface area contributed by atoms with E-state index in [1.165, 1.54) is 36.1 Å². The van der Waals surface area contributed by atoms with Gasteiger partial charge in [0.1, 0.15) is 0 Å². The van der Waals surface area contributed by atoms with Crippen LogP contribution in [0.5, 0.6) is 0 Å². The highest BCUT2D eigenvalue weighted by Gasteiger charge is 2.26. The first-order valence-corrected chi connectivity index (χ1v) is 6.02. The number of rotatable bonds is 1. The number of allylic oxidation sites excluding steroid dienone is 1. The molecule has 0 spiro atoms. The maximum absolute atomic E-state index is 4.42. The van der Waals surface area contributed by atoms with Crippen LogP contribution in [-0.4, -0.2) is 5.71 Å². The summed E-state index contributed by atoms with van der Waals surface area (Å²) >= 11 is 0. The van der Waals surface area contributed by atoms with Crippen molar-refractivity contribution in [2.24, 2.45) is 11.0 Å². The minimum Gasteiger partial charge on any atom is -0.286 e. The average Bonchev–Trinajstić information content (AvgIpc) is 2.39. The summed E-state index contributed by atoms with van der Waals surface area (Å²) in [4.78, 5) is 0. The lowest BCUT2D eigenvalue weighted by Gasteiger charge is -2.29. The van der Waals surface area contributed by atoms with Gasteiger partial charge in [0.15, 0.2) is 0 Å². The van der Waals surface area contributed by atoms with Crippen LogP contribution in [-0.2, 0) is 0 Å². The van der Waals surface area contributed by atoms with Crippen molar-refractivity contribution in [2.45, 2.75) is 25.7 Å². The molecule has 1 aromatic carbocycles. The number of fused-ring (bicyclic) bond motifs is 1. The van der Waals surface area contributed by atoms with Gasteiger partial charge >= 0.3 is 0 Å². The van der Waals surface area contributed by atoms with Crippen LogP contribution >= 0.6 is 0 Å². The second kappa shape index (κ2) is 4.12. The number of hydrogen-bond donors (Lipinski definition) is 1. The van der Waals surface area contributed by atoms with Crippen molar-refractivity contribution in [3.8, 4) is 0 Å². The highest BCUT2D eigenvalue weighted by Crippen LogP contribution is 2.34. The van der Waals surface area contributed by atoms with Gasteiger partial charge in [-0.05, 0) is 30.4 Å². The van der Waals surface area contributed by atoms with Crippen LogP contribution in [0.4, 0.5) is 0 Å². The van der Waals surface area contributed by atoms with Crippen LogP contribution in [0.3, 0.4) is 0 Å². The van der Waals surface area contributed by atoms with Gasteiger partial charge in [-0.3, -0.25) is 5.43 Å². The fourth-order valence-electron chi connectivity index (χ4n) is 2.66. The van der Waals surface area contributed by atoms with Gasteiger partial charge in [-0.15, -0.1) is 0 Å². The Hall–Kier alpha value is -1.57. The molecule has 1 saturated carbocycles. The molecular weight excluding hydrogens is 196 g/mol. The van der Waals surface area contributed by atoms with Crippen LogP contribution in [0.2, 0.25) is 0 Å². The van der Waals surface area contributed by atoms with E-state index in [1.54, 1.807) is 0 Å². The predicted molar refractivity (Wildman–Crippen MR) is 66.9 cm³/mol. The molecule has 1 N–H and O–H groups in total.